The van der Waals surface area contributed by atoms with Crippen LogP contribution in [-0.4, -0.2) is 0 Å². The quantitative estimate of drug-likeness (QED) is 0.426. The van der Waals surface area contributed by atoms with E-state index in [-0.39, 0.29) is 0 Å². The molecule has 0 N–H and O–H groups in total. The molecule has 0 aliphatic rings. The second kappa shape index (κ2) is 10.9. The van der Waals surface area contributed by atoms with Crippen molar-refractivity contribution < 1.29 is 16.3 Å². The normalized spacial score (nSPS) is 9.23. The molecule has 0 amide bonds. The average molecular weight is 313 g/mol. The molecule has 0 aromatic carbocycles. The molecule has 70 valence electrons. The van der Waals surface area contributed by atoms with Crippen LogP contribution < -0.4 is 0 Å². The van der Waals surface area contributed by atoms with Gasteiger partial charge in [-0.15, -0.1) is 10.3 Å². The van der Waals surface area contributed by atoms with Crippen molar-refractivity contribution >= 4 is 25.0 Å². The number of aryl methyl sites for hydroxylation is 1. The van der Waals surface area contributed by atoms with Gasteiger partial charge in [0.05, 0.1) is 0 Å². The van der Waals surface area contributed by atoms with Crippen LogP contribution in [0, 0.1) is 5.38 Å². The van der Waals surface area contributed by atoms with Gasteiger partial charge in [-0.25, -0.2) is 6.07 Å². The second-order valence-electron chi connectivity index (χ2n) is 2.83. The zero-order valence-electron chi connectivity index (χ0n) is 8.18. The van der Waals surface area contributed by atoms with Crippen molar-refractivity contribution in [3.05, 3.63) is 22.4 Å². The molecular weight excluding hydrogens is 297 g/mol. The summed E-state index contributed by atoms with van der Waals surface area (Å²) in [6.45, 7) is 2.25. The van der Waals surface area contributed by atoms with E-state index >= 15 is 0 Å². The van der Waals surface area contributed by atoms with E-state index in [1.54, 1.807) is 11.3 Å². The minimum absolute atomic E-state index is 1.19. The average Bonchev–Trinajstić information content (AvgIpc) is 2.68. The summed E-state index contributed by atoms with van der Waals surface area (Å²) in [5.74, 6) is 0. The number of hydrogen-bond donors (Lipinski definition) is 0. The molecule has 0 aliphatic heterocycles. The molecule has 0 unspecified atom stereocenters. The van der Waals surface area contributed by atoms with Gasteiger partial charge in [0.2, 0.25) is 0 Å². The van der Waals surface area contributed by atoms with Crippen LogP contribution >= 0.6 is 25.0 Å². The van der Waals surface area contributed by atoms with Crippen LogP contribution in [0.2, 0.25) is 0 Å². The monoisotopic (exact) mass is 310 g/mol. The summed E-state index contributed by atoms with van der Waals surface area (Å²) in [6.07, 6.45) is 6.70. The Bertz CT molecular complexity index is 175. The van der Waals surface area contributed by atoms with Gasteiger partial charge in [0.15, 0.2) is 0 Å². The Balaban J connectivity index is 0.000000671. The summed E-state index contributed by atoms with van der Waals surface area (Å²) in [6, 6.07) is 4.19. The first-order chi connectivity index (χ1) is 6.43. The molecule has 0 saturated heterocycles. The Morgan fingerprint density at radius 1 is 1.38 bits per heavy atom. The molecule has 0 bridgehead atoms. The molecule has 0 atom stereocenters. The van der Waals surface area contributed by atoms with E-state index < -0.39 is 0 Å². The topological polar surface area (TPSA) is 0 Å². The van der Waals surface area contributed by atoms with Gasteiger partial charge < -0.3 is 11.3 Å². The Morgan fingerprint density at radius 2 is 2.15 bits per heavy atom. The van der Waals surface area contributed by atoms with Gasteiger partial charge in [-0.3, -0.25) is 0 Å². The first-order valence-electron chi connectivity index (χ1n) is 4.65. The molecule has 0 nitrogen and oxygen atoms in total. The fourth-order valence-electron chi connectivity index (χ4n) is 1.13. The summed E-state index contributed by atoms with van der Waals surface area (Å²) in [7, 11) is 0. The standard InChI is InChI=1S/C10H15S.BrH.Zn/c1-2-3-4-5-7-10-8-6-9-11-10;;/h6,8H,2-5,7H2,1H3;1H;/q-1;;+2/p-1. The molecule has 1 aromatic heterocycles. The van der Waals surface area contributed by atoms with Gasteiger partial charge in [0.25, 0.3) is 0 Å². The number of thiophene rings is 1. The first kappa shape index (κ1) is 13.8. The third-order valence-corrected chi connectivity index (χ3v) is 2.66. The van der Waals surface area contributed by atoms with Gasteiger partial charge >= 0.3 is 30.0 Å². The van der Waals surface area contributed by atoms with Crippen molar-refractivity contribution in [3.8, 4) is 0 Å². The minimum atomic E-state index is 1.19. The molecule has 0 spiro atoms. The number of unbranched alkanes of at least 4 members (excludes halogenated alkanes) is 3. The van der Waals surface area contributed by atoms with Gasteiger partial charge in [-0.05, 0) is 0 Å². The maximum absolute atomic E-state index is 3.11. The molecule has 1 heterocycles. The molecule has 0 fully saturated rings. The van der Waals surface area contributed by atoms with Crippen molar-refractivity contribution in [1.29, 1.82) is 0 Å². The molecule has 0 aliphatic carbocycles. The van der Waals surface area contributed by atoms with Crippen molar-refractivity contribution in [2.24, 2.45) is 0 Å². The van der Waals surface area contributed by atoms with E-state index in [1.807, 2.05) is 6.07 Å². The third-order valence-electron chi connectivity index (χ3n) is 1.80. The van der Waals surface area contributed by atoms with Crippen LogP contribution in [0.15, 0.2) is 12.1 Å². The molecule has 1 rings (SSSR count). The number of rotatable bonds is 5. The predicted molar refractivity (Wildman–Crippen MR) is 59.9 cm³/mol. The predicted octanol–water partition coefficient (Wildman–Crippen LogP) is 4.51. The Kier molecular flexibility index (Phi) is 11.6. The summed E-state index contributed by atoms with van der Waals surface area (Å²) in [5, 5.41) is 3.11. The van der Waals surface area contributed by atoms with Crippen LogP contribution in [0.1, 0.15) is 37.5 Å². The van der Waals surface area contributed by atoms with Crippen molar-refractivity contribution in [2.75, 3.05) is 0 Å². The summed E-state index contributed by atoms with van der Waals surface area (Å²) >= 11 is 6.01. The maximum atomic E-state index is 3.11. The molecule has 1 aromatic rings. The SMILES string of the molecule is CCCCCCc1cc[c-]s1.[Zn+][Br]. The molecule has 13 heavy (non-hydrogen) atoms. The van der Waals surface area contributed by atoms with Gasteiger partial charge in [0, 0.05) is 0 Å². The molecule has 3 heteroatoms. The van der Waals surface area contributed by atoms with E-state index in [2.05, 4.69) is 32.0 Å². The van der Waals surface area contributed by atoms with E-state index in [9.17, 15) is 0 Å². The molecular formula is C10H15BrSZn. The van der Waals surface area contributed by atoms with Crippen molar-refractivity contribution in [1.82, 2.24) is 0 Å². The van der Waals surface area contributed by atoms with Crippen LogP contribution in [-0.2, 0) is 22.8 Å². The van der Waals surface area contributed by atoms with E-state index in [1.165, 1.54) is 53.3 Å². The zero-order chi connectivity index (χ0) is 9.94. The summed E-state index contributed by atoms with van der Waals surface area (Å²) < 4.78 is 0. The van der Waals surface area contributed by atoms with Gasteiger partial charge in [-0.2, -0.15) is 6.07 Å². The molecule has 0 saturated carbocycles. The van der Waals surface area contributed by atoms with E-state index in [4.69, 9.17) is 0 Å². The van der Waals surface area contributed by atoms with Crippen LogP contribution in [0.5, 0.6) is 0 Å². The van der Waals surface area contributed by atoms with E-state index in [0.29, 0.717) is 0 Å². The van der Waals surface area contributed by atoms with Gasteiger partial charge in [-0.1, -0.05) is 39.0 Å². The van der Waals surface area contributed by atoms with Crippen molar-refractivity contribution in [3.63, 3.8) is 0 Å². The van der Waals surface area contributed by atoms with Gasteiger partial charge in [0.1, 0.15) is 0 Å². The summed E-state index contributed by atoms with van der Waals surface area (Å²) in [5.41, 5.74) is 0. The Morgan fingerprint density at radius 3 is 2.69 bits per heavy atom. The Hall–Kier alpha value is 0.803. The Labute approximate surface area is 102 Å². The van der Waals surface area contributed by atoms with E-state index in [0.717, 1.165) is 0 Å². The second-order valence-corrected chi connectivity index (χ2v) is 3.79. The van der Waals surface area contributed by atoms with Crippen LogP contribution in [0.25, 0.3) is 0 Å². The fourth-order valence-corrected chi connectivity index (χ4v) is 1.80. The van der Waals surface area contributed by atoms with Crippen LogP contribution in [0.3, 0.4) is 0 Å². The zero-order valence-corrected chi connectivity index (χ0v) is 13.6. The molecule has 0 radical (unpaired) electrons. The number of halogens is 1. The third kappa shape index (κ3) is 7.84. The van der Waals surface area contributed by atoms with Crippen molar-refractivity contribution in [2.45, 2.75) is 39.0 Å². The summed E-state index contributed by atoms with van der Waals surface area (Å²) in [4.78, 5) is 1.49. The first-order valence-corrected chi connectivity index (χ1v) is 12.4. The number of hydrogen-bond acceptors (Lipinski definition) is 1. The fraction of sp³-hybridized carbons (Fsp3) is 0.600. The van der Waals surface area contributed by atoms with Crippen LogP contribution in [0.4, 0.5) is 0 Å².